The fourth-order valence-electron chi connectivity index (χ4n) is 2.75. The summed E-state index contributed by atoms with van der Waals surface area (Å²) in [6.07, 6.45) is 0. The first-order valence-electron chi connectivity index (χ1n) is 7.03. The van der Waals surface area contributed by atoms with Crippen molar-refractivity contribution in [1.82, 2.24) is 5.32 Å². The average Bonchev–Trinajstić information content (AvgIpc) is 2.89. The summed E-state index contributed by atoms with van der Waals surface area (Å²) < 4.78 is 11.0. The summed E-state index contributed by atoms with van der Waals surface area (Å²) >= 11 is 0. The van der Waals surface area contributed by atoms with E-state index in [9.17, 15) is 5.11 Å². The number of benzene rings is 2. The first kappa shape index (κ1) is 13.8. The summed E-state index contributed by atoms with van der Waals surface area (Å²) in [7, 11) is 1.68. The number of fused-ring (bicyclic) bond motifs is 1. The Hall–Kier alpha value is -2.20. The molecule has 21 heavy (non-hydrogen) atoms. The highest BCUT2D eigenvalue weighted by molar-refractivity contribution is 5.45. The van der Waals surface area contributed by atoms with Crippen LogP contribution in [-0.2, 0) is 0 Å². The molecule has 1 aliphatic heterocycles. The quantitative estimate of drug-likeness (QED) is 0.906. The number of aromatic hydroxyl groups is 1. The van der Waals surface area contributed by atoms with Crippen LogP contribution in [0, 0.1) is 0 Å². The minimum Gasteiger partial charge on any atom is -0.508 e. The van der Waals surface area contributed by atoms with Gasteiger partial charge in [-0.05, 0) is 25.1 Å². The lowest BCUT2D eigenvalue weighted by atomic mass is 10.0. The summed E-state index contributed by atoms with van der Waals surface area (Å²) in [4.78, 5) is 0. The van der Waals surface area contributed by atoms with Crippen LogP contribution in [0.15, 0.2) is 42.5 Å². The first-order chi connectivity index (χ1) is 10.2. The molecule has 4 heteroatoms. The molecule has 110 valence electrons. The predicted molar refractivity (Wildman–Crippen MR) is 80.9 cm³/mol. The second-order valence-electron chi connectivity index (χ2n) is 5.22. The molecule has 0 aliphatic carbocycles. The number of hydrogen-bond donors (Lipinski definition) is 2. The number of methoxy groups -OCH3 is 1. The molecular formula is C17H19NO3. The van der Waals surface area contributed by atoms with Crippen molar-refractivity contribution in [2.75, 3.05) is 13.7 Å². The largest absolute Gasteiger partial charge is 0.508 e. The van der Waals surface area contributed by atoms with Crippen LogP contribution in [0.3, 0.4) is 0 Å². The van der Waals surface area contributed by atoms with E-state index in [1.54, 1.807) is 19.2 Å². The second-order valence-corrected chi connectivity index (χ2v) is 5.22. The van der Waals surface area contributed by atoms with Gasteiger partial charge < -0.3 is 19.9 Å². The van der Waals surface area contributed by atoms with E-state index in [0.717, 1.165) is 22.6 Å². The van der Waals surface area contributed by atoms with Crippen LogP contribution in [0.25, 0.3) is 0 Å². The molecule has 1 aliphatic rings. The lowest BCUT2D eigenvalue weighted by Crippen LogP contribution is -2.26. The average molecular weight is 285 g/mol. The van der Waals surface area contributed by atoms with Gasteiger partial charge >= 0.3 is 0 Å². The van der Waals surface area contributed by atoms with Gasteiger partial charge in [0.15, 0.2) is 0 Å². The van der Waals surface area contributed by atoms with E-state index < -0.39 is 0 Å². The molecule has 2 aromatic rings. The third kappa shape index (κ3) is 2.67. The monoisotopic (exact) mass is 285 g/mol. The van der Waals surface area contributed by atoms with E-state index in [-0.39, 0.29) is 17.8 Å². The maximum atomic E-state index is 9.49. The minimum atomic E-state index is 0.112. The van der Waals surface area contributed by atoms with Crippen molar-refractivity contribution in [2.24, 2.45) is 0 Å². The fourth-order valence-corrected chi connectivity index (χ4v) is 2.75. The molecule has 3 rings (SSSR count). The molecule has 2 atom stereocenters. The van der Waals surface area contributed by atoms with Gasteiger partial charge in [-0.25, -0.2) is 0 Å². The zero-order chi connectivity index (χ0) is 14.8. The van der Waals surface area contributed by atoms with E-state index in [0.29, 0.717) is 6.61 Å². The van der Waals surface area contributed by atoms with Crippen LogP contribution >= 0.6 is 0 Å². The van der Waals surface area contributed by atoms with Crippen molar-refractivity contribution in [3.8, 4) is 17.2 Å². The van der Waals surface area contributed by atoms with E-state index in [1.165, 1.54) is 0 Å². The molecule has 0 bridgehead atoms. The van der Waals surface area contributed by atoms with Gasteiger partial charge in [0, 0.05) is 23.2 Å². The van der Waals surface area contributed by atoms with Gasteiger partial charge in [-0.15, -0.1) is 0 Å². The molecule has 0 spiro atoms. The van der Waals surface area contributed by atoms with Gasteiger partial charge in [-0.3, -0.25) is 0 Å². The van der Waals surface area contributed by atoms with E-state index in [1.807, 2.05) is 24.3 Å². The van der Waals surface area contributed by atoms with E-state index in [2.05, 4.69) is 18.3 Å². The molecular weight excluding hydrogens is 266 g/mol. The van der Waals surface area contributed by atoms with Crippen molar-refractivity contribution in [1.29, 1.82) is 0 Å². The maximum absolute atomic E-state index is 9.49. The molecule has 2 N–H and O–H groups in total. The molecule has 1 unspecified atom stereocenters. The topological polar surface area (TPSA) is 50.7 Å². The Morgan fingerprint density at radius 3 is 2.90 bits per heavy atom. The summed E-state index contributed by atoms with van der Waals surface area (Å²) in [5.41, 5.74) is 2.20. The van der Waals surface area contributed by atoms with Gasteiger partial charge in [0.1, 0.15) is 23.9 Å². The number of phenols is 1. The summed E-state index contributed by atoms with van der Waals surface area (Å²) in [5, 5.41) is 13.1. The lowest BCUT2D eigenvalue weighted by molar-refractivity contribution is 0.298. The Morgan fingerprint density at radius 1 is 1.29 bits per heavy atom. The summed E-state index contributed by atoms with van der Waals surface area (Å²) in [5.74, 6) is 1.86. The zero-order valence-electron chi connectivity index (χ0n) is 12.2. The number of para-hydroxylation sites is 1. The molecule has 0 radical (unpaired) electrons. The highest BCUT2D eigenvalue weighted by Gasteiger charge is 2.26. The summed E-state index contributed by atoms with van der Waals surface area (Å²) in [6.45, 7) is 2.68. The standard InChI is InChI=1S/C17H19NO3/c1-11(13-5-3-4-6-16(13)20-2)18-15-10-21-17-9-12(19)7-8-14(15)17/h3-9,11,15,18-19H,10H2,1-2H3/t11-,15?/m1/s1. The van der Waals surface area contributed by atoms with Crippen LogP contribution in [-0.4, -0.2) is 18.8 Å². The van der Waals surface area contributed by atoms with Crippen molar-refractivity contribution in [2.45, 2.75) is 19.0 Å². The highest BCUT2D eigenvalue weighted by Crippen LogP contribution is 2.36. The van der Waals surface area contributed by atoms with E-state index >= 15 is 0 Å². The van der Waals surface area contributed by atoms with Crippen LogP contribution in [0.2, 0.25) is 0 Å². The smallest absolute Gasteiger partial charge is 0.127 e. The maximum Gasteiger partial charge on any atom is 0.127 e. The molecule has 0 aromatic heterocycles. The van der Waals surface area contributed by atoms with E-state index in [4.69, 9.17) is 9.47 Å². The first-order valence-corrected chi connectivity index (χ1v) is 7.03. The van der Waals surface area contributed by atoms with Gasteiger partial charge in [-0.1, -0.05) is 18.2 Å². The number of phenolic OH excluding ortho intramolecular Hbond substituents is 1. The van der Waals surface area contributed by atoms with Crippen molar-refractivity contribution >= 4 is 0 Å². The van der Waals surface area contributed by atoms with Crippen molar-refractivity contribution in [3.63, 3.8) is 0 Å². The molecule has 0 amide bonds. The van der Waals surface area contributed by atoms with Crippen LogP contribution in [0.4, 0.5) is 0 Å². The van der Waals surface area contributed by atoms with Gasteiger partial charge in [0.05, 0.1) is 13.2 Å². The third-order valence-corrected chi connectivity index (χ3v) is 3.83. The number of ether oxygens (including phenoxy) is 2. The highest BCUT2D eigenvalue weighted by atomic mass is 16.5. The predicted octanol–water partition coefficient (Wildman–Crippen LogP) is 3.19. The second kappa shape index (κ2) is 5.66. The SMILES string of the molecule is COc1ccccc1[C@@H](C)NC1COc2cc(O)ccc21. The number of hydrogen-bond acceptors (Lipinski definition) is 4. The molecule has 2 aromatic carbocycles. The zero-order valence-corrected chi connectivity index (χ0v) is 12.2. The molecule has 4 nitrogen and oxygen atoms in total. The van der Waals surface area contributed by atoms with Gasteiger partial charge in [0.2, 0.25) is 0 Å². The number of nitrogens with one attached hydrogen (secondary N) is 1. The third-order valence-electron chi connectivity index (χ3n) is 3.83. The fraction of sp³-hybridized carbons (Fsp3) is 0.294. The Morgan fingerprint density at radius 2 is 2.10 bits per heavy atom. The Bertz CT molecular complexity index is 642. The Labute approximate surface area is 124 Å². The van der Waals surface area contributed by atoms with Gasteiger partial charge in [0.25, 0.3) is 0 Å². The Balaban J connectivity index is 1.79. The van der Waals surface area contributed by atoms with Crippen LogP contribution < -0.4 is 14.8 Å². The summed E-state index contributed by atoms with van der Waals surface area (Å²) in [6, 6.07) is 13.5. The molecule has 0 saturated heterocycles. The van der Waals surface area contributed by atoms with Crippen LogP contribution in [0.5, 0.6) is 17.2 Å². The van der Waals surface area contributed by atoms with Crippen molar-refractivity contribution in [3.05, 3.63) is 53.6 Å². The molecule has 0 fully saturated rings. The molecule has 1 heterocycles. The Kier molecular flexibility index (Phi) is 3.71. The minimum absolute atomic E-state index is 0.112. The van der Waals surface area contributed by atoms with Gasteiger partial charge in [-0.2, -0.15) is 0 Å². The molecule has 0 saturated carbocycles. The normalized spacial score (nSPS) is 17.9. The number of rotatable bonds is 4. The lowest BCUT2D eigenvalue weighted by Gasteiger charge is -2.21. The van der Waals surface area contributed by atoms with Crippen LogP contribution in [0.1, 0.15) is 30.1 Å². The van der Waals surface area contributed by atoms with Crippen molar-refractivity contribution < 1.29 is 14.6 Å².